The number of benzene rings is 1. The average molecular weight is 556 g/mol. The van der Waals surface area contributed by atoms with Crippen LogP contribution in [0.25, 0.3) is 6.08 Å². The van der Waals surface area contributed by atoms with Crippen molar-refractivity contribution in [1.29, 1.82) is 0 Å². The second-order valence-electron chi connectivity index (χ2n) is 11.0. The van der Waals surface area contributed by atoms with Crippen LogP contribution < -0.4 is 10.6 Å². The summed E-state index contributed by atoms with van der Waals surface area (Å²) in [5.41, 5.74) is 3.55. The lowest BCUT2D eigenvalue weighted by Gasteiger charge is -2.52. The van der Waals surface area contributed by atoms with Crippen LogP contribution in [-0.2, 0) is 35.1 Å². The van der Waals surface area contributed by atoms with Gasteiger partial charge < -0.3 is 25.6 Å². The van der Waals surface area contributed by atoms with Crippen molar-refractivity contribution in [2.24, 2.45) is 29.4 Å². The van der Waals surface area contributed by atoms with Crippen molar-refractivity contribution < 1.29 is 43.7 Å². The number of nitrogens with zero attached hydrogens (tertiary/aromatic N) is 2. The molecule has 4 N–H and O–H groups in total. The fraction of sp³-hybridized carbons (Fsp3) is 0.500. The third-order valence-corrected chi connectivity index (χ3v) is 8.23. The number of ether oxygens (including phenoxy) is 1. The molecule has 2 saturated carbocycles. The van der Waals surface area contributed by atoms with Crippen molar-refractivity contribution in [3.05, 3.63) is 28.8 Å². The Bertz CT molecular complexity index is 1360. The van der Waals surface area contributed by atoms with Crippen LogP contribution in [0.2, 0.25) is 0 Å². The van der Waals surface area contributed by atoms with Gasteiger partial charge in [-0.15, -0.1) is 0 Å². The van der Waals surface area contributed by atoms with E-state index in [9.17, 15) is 39.0 Å². The van der Waals surface area contributed by atoms with E-state index in [2.05, 4.69) is 0 Å². The molecule has 214 valence electrons. The predicted octanol–water partition coefficient (Wildman–Crippen LogP) is -0.491. The summed E-state index contributed by atoms with van der Waals surface area (Å²) in [7, 11) is 6.53. The molecule has 0 bridgehead atoms. The highest BCUT2D eigenvalue weighted by atomic mass is 16.5. The summed E-state index contributed by atoms with van der Waals surface area (Å²) in [5.74, 6) is -11.9. The van der Waals surface area contributed by atoms with Gasteiger partial charge in [-0.3, -0.25) is 28.9 Å². The van der Waals surface area contributed by atoms with E-state index in [1.54, 1.807) is 32.0 Å². The molecule has 12 heteroatoms. The Morgan fingerprint density at radius 1 is 1.15 bits per heavy atom. The molecule has 0 saturated heterocycles. The van der Waals surface area contributed by atoms with Crippen LogP contribution in [0.1, 0.15) is 34.8 Å². The number of rotatable bonds is 6. The fourth-order valence-electron chi connectivity index (χ4n) is 6.55. The lowest BCUT2D eigenvalue weighted by molar-refractivity contribution is -0.181. The molecule has 2 fully saturated rings. The van der Waals surface area contributed by atoms with Crippen molar-refractivity contribution in [2.45, 2.75) is 31.4 Å². The van der Waals surface area contributed by atoms with Gasteiger partial charge in [-0.1, -0.05) is 0 Å². The number of likely N-dealkylation sites (N-methyl/N-ethyl adjacent to an activating group) is 1. The highest BCUT2D eigenvalue weighted by Gasteiger charge is 2.69. The third-order valence-electron chi connectivity index (χ3n) is 8.23. The highest BCUT2D eigenvalue weighted by molar-refractivity contribution is 6.32. The standard InChI is InChI=1S/C28H33N3O9/c1-6-40-17(32)8-7-12-11-16(30(2)3)14-9-13-10-15-21(31(4)5)24(35)20(27(29)38)26(37)28(15,39)25(36)18(13)23(34)19(14)22(12)33/h7-8,11,13,15,18,20-21,33,39H,6,9-10H2,1-5H3,(H2,29,38)/t13-,15-,18?,20?,21-,28-/m0/s1. The number of anilines is 1. The molecule has 0 spiro atoms. The van der Waals surface area contributed by atoms with E-state index >= 15 is 0 Å². The maximum Gasteiger partial charge on any atom is 0.330 e. The summed E-state index contributed by atoms with van der Waals surface area (Å²) in [5, 5.41) is 22.8. The summed E-state index contributed by atoms with van der Waals surface area (Å²) < 4.78 is 4.88. The number of phenolic OH excluding ortho intramolecular Hbond substituents is 1. The summed E-state index contributed by atoms with van der Waals surface area (Å²) in [6, 6.07) is 0.436. The Balaban J connectivity index is 1.87. The topological polar surface area (TPSA) is 185 Å². The maximum atomic E-state index is 14.0. The first kappa shape index (κ1) is 29.1. The number of carbonyl (C=O) groups is 6. The Hall–Kier alpha value is -3.90. The zero-order valence-corrected chi connectivity index (χ0v) is 23.0. The summed E-state index contributed by atoms with van der Waals surface area (Å²) >= 11 is 0. The molecule has 0 aliphatic heterocycles. The van der Waals surface area contributed by atoms with Crippen molar-refractivity contribution in [3.8, 4) is 5.75 Å². The van der Waals surface area contributed by atoms with Crippen molar-refractivity contribution in [1.82, 2.24) is 4.90 Å². The highest BCUT2D eigenvalue weighted by Crippen LogP contribution is 2.52. The number of hydrogen-bond donors (Lipinski definition) is 3. The number of amides is 1. The van der Waals surface area contributed by atoms with Gasteiger partial charge in [-0.2, -0.15) is 0 Å². The predicted molar refractivity (Wildman–Crippen MR) is 141 cm³/mol. The molecule has 1 amide bonds. The Labute approximate surface area is 230 Å². The molecule has 6 atom stereocenters. The number of ketones is 4. The molecule has 0 aromatic heterocycles. The van der Waals surface area contributed by atoms with Crippen LogP contribution >= 0.6 is 0 Å². The summed E-state index contributed by atoms with van der Waals surface area (Å²) in [4.78, 5) is 81.6. The van der Waals surface area contributed by atoms with Crippen molar-refractivity contribution in [3.63, 3.8) is 0 Å². The number of aliphatic hydroxyl groups is 1. The number of phenols is 1. The summed E-state index contributed by atoms with van der Waals surface area (Å²) in [6.07, 6.45) is 2.49. The monoisotopic (exact) mass is 555 g/mol. The molecule has 3 aliphatic carbocycles. The van der Waals surface area contributed by atoms with E-state index < -0.39 is 76.1 Å². The van der Waals surface area contributed by atoms with Gasteiger partial charge in [-0.05, 0) is 57.5 Å². The number of nitrogens with two attached hydrogens (primary N) is 1. The largest absolute Gasteiger partial charge is 0.507 e. The first-order valence-corrected chi connectivity index (χ1v) is 12.9. The molecule has 0 heterocycles. The molecule has 2 unspecified atom stereocenters. The normalized spacial score (nSPS) is 29.7. The Morgan fingerprint density at radius 3 is 2.35 bits per heavy atom. The molecule has 0 radical (unpaired) electrons. The van der Waals surface area contributed by atoms with Gasteiger partial charge in [0.1, 0.15) is 5.75 Å². The van der Waals surface area contributed by atoms with E-state index in [-0.39, 0.29) is 30.6 Å². The third kappa shape index (κ3) is 4.22. The number of carbonyl (C=O) groups excluding carboxylic acids is 6. The second kappa shape index (κ2) is 10.3. The van der Waals surface area contributed by atoms with Gasteiger partial charge >= 0.3 is 5.97 Å². The molecule has 1 aromatic rings. The van der Waals surface area contributed by atoms with Crippen LogP contribution in [0, 0.1) is 23.7 Å². The number of fused-ring (bicyclic) bond motifs is 3. The SMILES string of the molecule is CCOC(=O)C=Cc1cc(N(C)C)c2c(c1O)C(=O)C1C(=O)[C@]3(O)C(=O)C(C(N)=O)C(=O)[C@@H](N(C)C)[C@@H]3C[C@@H]1C2. The lowest BCUT2D eigenvalue weighted by atomic mass is 9.52. The van der Waals surface area contributed by atoms with Gasteiger partial charge in [0, 0.05) is 37.3 Å². The fourth-order valence-corrected chi connectivity index (χ4v) is 6.55. The summed E-state index contributed by atoms with van der Waals surface area (Å²) in [6.45, 7) is 1.78. The second-order valence-corrected chi connectivity index (χ2v) is 11.0. The smallest absolute Gasteiger partial charge is 0.330 e. The zero-order valence-electron chi connectivity index (χ0n) is 23.0. The minimum atomic E-state index is -2.79. The minimum Gasteiger partial charge on any atom is -0.507 e. The van der Waals surface area contributed by atoms with Crippen LogP contribution in [0.4, 0.5) is 5.69 Å². The van der Waals surface area contributed by atoms with Gasteiger partial charge in [0.25, 0.3) is 0 Å². The van der Waals surface area contributed by atoms with E-state index in [0.29, 0.717) is 11.3 Å². The molecular weight excluding hydrogens is 522 g/mol. The number of hydrogen-bond acceptors (Lipinski definition) is 11. The van der Waals surface area contributed by atoms with Crippen molar-refractivity contribution >= 4 is 46.8 Å². The number of Topliss-reactive ketones (excluding diaryl/α,β-unsaturated/α-hetero) is 4. The Kier molecular flexibility index (Phi) is 7.46. The van der Waals surface area contributed by atoms with E-state index in [4.69, 9.17) is 10.5 Å². The molecule has 4 rings (SSSR count). The quantitative estimate of drug-likeness (QED) is 0.234. The van der Waals surface area contributed by atoms with Crippen LogP contribution in [0.5, 0.6) is 5.75 Å². The number of esters is 1. The minimum absolute atomic E-state index is 0.0396. The maximum absolute atomic E-state index is 14.0. The van der Waals surface area contributed by atoms with Gasteiger partial charge in [0.15, 0.2) is 34.7 Å². The average Bonchev–Trinajstić information content (AvgIpc) is 2.85. The number of aromatic hydroxyl groups is 1. The molecule has 3 aliphatic rings. The molecule has 12 nitrogen and oxygen atoms in total. The first-order valence-electron chi connectivity index (χ1n) is 12.9. The van der Waals surface area contributed by atoms with E-state index in [1.165, 1.54) is 25.1 Å². The van der Waals surface area contributed by atoms with E-state index in [0.717, 1.165) is 6.08 Å². The Morgan fingerprint density at radius 2 is 1.80 bits per heavy atom. The lowest BCUT2D eigenvalue weighted by Crippen LogP contribution is -2.74. The van der Waals surface area contributed by atoms with Gasteiger partial charge in [0.2, 0.25) is 5.91 Å². The first-order chi connectivity index (χ1) is 18.7. The van der Waals surface area contributed by atoms with Gasteiger partial charge in [-0.25, -0.2) is 4.79 Å². The molecule has 1 aromatic carbocycles. The van der Waals surface area contributed by atoms with Gasteiger partial charge in [0.05, 0.1) is 24.1 Å². The molecular formula is C28H33N3O9. The van der Waals surface area contributed by atoms with Crippen LogP contribution in [0.3, 0.4) is 0 Å². The zero-order chi connectivity index (χ0) is 29.8. The van der Waals surface area contributed by atoms with Crippen LogP contribution in [0.15, 0.2) is 12.1 Å². The molecule has 40 heavy (non-hydrogen) atoms. The van der Waals surface area contributed by atoms with E-state index in [1.807, 2.05) is 0 Å². The van der Waals surface area contributed by atoms with Crippen LogP contribution in [-0.4, -0.2) is 96.6 Å². The number of primary amides is 1. The van der Waals surface area contributed by atoms with Crippen molar-refractivity contribution in [2.75, 3.05) is 39.7 Å².